The Bertz CT molecular complexity index is 262. The molecule has 0 fully saturated rings. The fourth-order valence-electron chi connectivity index (χ4n) is 1.73. The molecule has 0 aliphatic carbocycles. The summed E-state index contributed by atoms with van der Waals surface area (Å²) >= 11 is 0. The number of rotatable bonds is 9. The number of imidazole rings is 1. The van der Waals surface area contributed by atoms with Crippen LogP contribution in [-0.2, 0) is 6.54 Å². The van der Waals surface area contributed by atoms with Gasteiger partial charge in [-0.25, -0.2) is 4.98 Å². The predicted octanol–water partition coefficient (Wildman–Crippen LogP) is 4.19. The van der Waals surface area contributed by atoms with E-state index in [4.69, 9.17) is 0 Å². The number of aryl methyl sites for hydroxylation is 1. The van der Waals surface area contributed by atoms with Gasteiger partial charge in [-0.3, -0.25) is 0 Å². The Hall–Kier alpha value is -1.05. The molecule has 0 bridgehead atoms. The van der Waals surface area contributed by atoms with Gasteiger partial charge in [0, 0.05) is 18.9 Å². The Kier molecular flexibility index (Phi) is 7.48. The van der Waals surface area contributed by atoms with Gasteiger partial charge < -0.3 is 4.57 Å². The van der Waals surface area contributed by atoms with Gasteiger partial charge in [-0.15, -0.1) is 0 Å². The van der Waals surface area contributed by atoms with E-state index >= 15 is 0 Å². The molecule has 0 saturated carbocycles. The number of allylic oxidation sites excluding steroid dienone is 2. The van der Waals surface area contributed by atoms with Gasteiger partial charge in [0.05, 0.1) is 6.33 Å². The molecular formula is C14H24N2. The maximum Gasteiger partial charge on any atom is 0.0945 e. The first-order chi connectivity index (χ1) is 7.93. The Morgan fingerprint density at radius 3 is 2.62 bits per heavy atom. The van der Waals surface area contributed by atoms with Gasteiger partial charge in [-0.05, 0) is 25.7 Å². The van der Waals surface area contributed by atoms with E-state index < -0.39 is 0 Å². The van der Waals surface area contributed by atoms with E-state index in [-0.39, 0.29) is 0 Å². The van der Waals surface area contributed by atoms with Gasteiger partial charge in [0.15, 0.2) is 0 Å². The van der Waals surface area contributed by atoms with E-state index in [2.05, 4.69) is 28.6 Å². The quantitative estimate of drug-likeness (QED) is 0.450. The molecule has 2 heteroatoms. The van der Waals surface area contributed by atoms with Crippen molar-refractivity contribution < 1.29 is 0 Å². The third-order valence-electron chi connectivity index (χ3n) is 2.72. The first-order valence-corrected chi connectivity index (χ1v) is 6.54. The van der Waals surface area contributed by atoms with Crippen molar-refractivity contribution in [2.45, 2.75) is 58.4 Å². The highest BCUT2D eigenvalue weighted by atomic mass is 15.0. The van der Waals surface area contributed by atoms with Gasteiger partial charge in [-0.2, -0.15) is 0 Å². The molecule has 0 spiro atoms. The van der Waals surface area contributed by atoms with Crippen molar-refractivity contribution in [3.63, 3.8) is 0 Å². The molecule has 0 atom stereocenters. The maximum atomic E-state index is 4.03. The summed E-state index contributed by atoms with van der Waals surface area (Å²) in [6, 6.07) is 0. The number of nitrogens with zero attached hydrogens (tertiary/aromatic N) is 2. The second kappa shape index (κ2) is 9.20. The molecule has 1 aromatic rings. The zero-order valence-electron chi connectivity index (χ0n) is 10.4. The number of hydrogen-bond acceptors (Lipinski definition) is 1. The molecule has 0 aliphatic heterocycles. The number of aromatic nitrogens is 2. The van der Waals surface area contributed by atoms with E-state index in [1.165, 1.54) is 44.9 Å². The Morgan fingerprint density at radius 2 is 1.88 bits per heavy atom. The molecular weight excluding hydrogens is 196 g/mol. The molecule has 2 nitrogen and oxygen atoms in total. The van der Waals surface area contributed by atoms with Crippen LogP contribution < -0.4 is 0 Å². The molecule has 0 amide bonds. The van der Waals surface area contributed by atoms with Crippen LogP contribution in [0.1, 0.15) is 51.9 Å². The van der Waals surface area contributed by atoms with Crippen LogP contribution in [0.4, 0.5) is 0 Å². The Labute approximate surface area is 99.4 Å². The standard InChI is InChI=1S/C14H24N2/c1-2-3-4-5-6-7-8-9-10-12-16-13-11-15-14-16/h4-5,11,13-14H,2-3,6-10,12H2,1H3. The summed E-state index contributed by atoms with van der Waals surface area (Å²) in [5, 5.41) is 0. The van der Waals surface area contributed by atoms with Crippen LogP contribution >= 0.6 is 0 Å². The third-order valence-corrected chi connectivity index (χ3v) is 2.72. The van der Waals surface area contributed by atoms with Crippen molar-refractivity contribution in [2.75, 3.05) is 0 Å². The minimum atomic E-state index is 1.12. The molecule has 0 aromatic carbocycles. The molecule has 90 valence electrons. The van der Waals surface area contributed by atoms with E-state index in [0.717, 1.165) is 6.54 Å². The van der Waals surface area contributed by atoms with Crippen LogP contribution in [0.3, 0.4) is 0 Å². The molecule has 1 heterocycles. The van der Waals surface area contributed by atoms with Gasteiger partial charge in [0.1, 0.15) is 0 Å². The molecule has 0 aliphatic rings. The molecule has 0 unspecified atom stereocenters. The first kappa shape index (κ1) is 13.0. The van der Waals surface area contributed by atoms with Gasteiger partial charge in [0.25, 0.3) is 0 Å². The lowest BCUT2D eigenvalue weighted by Crippen LogP contribution is -1.93. The normalized spacial score (nSPS) is 11.3. The summed E-state index contributed by atoms with van der Waals surface area (Å²) in [4.78, 5) is 4.03. The van der Waals surface area contributed by atoms with Crippen LogP contribution in [0.2, 0.25) is 0 Å². The lowest BCUT2D eigenvalue weighted by molar-refractivity contribution is 0.574. The molecule has 1 rings (SSSR count). The van der Waals surface area contributed by atoms with E-state index in [1.807, 2.05) is 18.7 Å². The van der Waals surface area contributed by atoms with Crippen molar-refractivity contribution >= 4 is 0 Å². The number of hydrogen-bond donors (Lipinski definition) is 0. The van der Waals surface area contributed by atoms with Gasteiger partial charge in [-0.1, -0.05) is 38.3 Å². The lowest BCUT2D eigenvalue weighted by Gasteiger charge is -2.01. The molecule has 0 N–H and O–H groups in total. The average Bonchev–Trinajstić information content (AvgIpc) is 2.80. The molecule has 0 radical (unpaired) electrons. The molecule has 0 saturated heterocycles. The van der Waals surface area contributed by atoms with E-state index in [9.17, 15) is 0 Å². The highest BCUT2D eigenvalue weighted by molar-refractivity contribution is 4.80. The van der Waals surface area contributed by atoms with Crippen molar-refractivity contribution in [1.82, 2.24) is 9.55 Å². The van der Waals surface area contributed by atoms with Crippen molar-refractivity contribution in [3.8, 4) is 0 Å². The average molecular weight is 220 g/mol. The monoisotopic (exact) mass is 220 g/mol. The summed E-state index contributed by atoms with van der Waals surface area (Å²) in [6.45, 7) is 3.34. The fraction of sp³-hybridized carbons (Fsp3) is 0.643. The van der Waals surface area contributed by atoms with Crippen LogP contribution in [0, 0.1) is 0 Å². The maximum absolute atomic E-state index is 4.03. The minimum absolute atomic E-state index is 1.12. The Balaban J connectivity index is 1.85. The lowest BCUT2D eigenvalue weighted by atomic mass is 10.1. The predicted molar refractivity (Wildman–Crippen MR) is 69.4 cm³/mol. The minimum Gasteiger partial charge on any atom is -0.337 e. The van der Waals surface area contributed by atoms with Crippen LogP contribution in [-0.4, -0.2) is 9.55 Å². The topological polar surface area (TPSA) is 17.8 Å². The zero-order valence-corrected chi connectivity index (χ0v) is 10.4. The summed E-state index contributed by atoms with van der Waals surface area (Å²) in [5.74, 6) is 0. The zero-order chi connectivity index (χ0) is 11.5. The van der Waals surface area contributed by atoms with E-state index in [0.29, 0.717) is 0 Å². The largest absolute Gasteiger partial charge is 0.337 e. The van der Waals surface area contributed by atoms with Gasteiger partial charge in [0.2, 0.25) is 0 Å². The smallest absolute Gasteiger partial charge is 0.0945 e. The van der Waals surface area contributed by atoms with Crippen LogP contribution in [0.5, 0.6) is 0 Å². The SMILES string of the molecule is CCCC=CCCCCCCn1ccnc1. The molecule has 1 aromatic heterocycles. The van der Waals surface area contributed by atoms with Crippen LogP contribution in [0.25, 0.3) is 0 Å². The summed E-state index contributed by atoms with van der Waals surface area (Å²) in [6.07, 6.45) is 19.5. The summed E-state index contributed by atoms with van der Waals surface area (Å²) < 4.78 is 2.15. The summed E-state index contributed by atoms with van der Waals surface area (Å²) in [7, 11) is 0. The van der Waals surface area contributed by atoms with Gasteiger partial charge >= 0.3 is 0 Å². The fourth-order valence-corrected chi connectivity index (χ4v) is 1.73. The van der Waals surface area contributed by atoms with Crippen molar-refractivity contribution in [1.29, 1.82) is 0 Å². The van der Waals surface area contributed by atoms with Crippen molar-refractivity contribution in [2.24, 2.45) is 0 Å². The summed E-state index contributed by atoms with van der Waals surface area (Å²) in [5.41, 5.74) is 0. The highest BCUT2D eigenvalue weighted by Crippen LogP contribution is 2.05. The second-order valence-corrected chi connectivity index (χ2v) is 4.26. The number of unbranched alkanes of at least 4 members (excludes halogenated alkanes) is 5. The third kappa shape index (κ3) is 6.44. The first-order valence-electron chi connectivity index (χ1n) is 6.54. The molecule has 16 heavy (non-hydrogen) atoms. The highest BCUT2D eigenvalue weighted by Gasteiger charge is 1.91. The van der Waals surface area contributed by atoms with E-state index in [1.54, 1.807) is 0 Å². The van der Waals surface area contributed by atoms with Crippen molar-refractivity contribution in [3.05, 3.63) is 30.9 Å². The van der Waals surface area contributed by atoms with Crippen LogP contribution in [0.15, 0.2) is 30.9 Å². The second-order valence-electron chi connectivity index (χ2n) is 4.26. The Morgan fingerprint density at radius 1 is 1.06 bits per heavy atom.